The second-order valence-corrected chi connectivity index (χ2v) is 8.27. The van der Waals surface area contributed by atoms with Gasteiger partial charge in [0.25, 0.3) is 0 Å². The molecule has 5 heteroatoms. The highest BCUT2D eigenvalue weighted by Crippen LogP contribution is 2.43. The molecule has 0 radical (unpaired) electrons. The van der Waals surface area contributed by atoms with Crippen molar-refractivity contribution in [2.75, 3.05) is 7.11 Å². The number of methoxy groups -OCH3 is 1. The monoisotopic (exact) mass is 397 g/mol. The van der Waals surface area contributed by atoms with Gasteiger partial charge in [-0.05, 0) is 54.6 Å². The number of nitrogens with one attached hydrogen (secondary N) is 1. The average molecular weight is 398 g/mol. The lowest BCUT2D eigenvalue weighted by molar-refractivity contribution is 0.414. The summed E-state index contributed by atoms with van der Waals surface area (Å²) in [5, 5.41) is 3.11. The van der Waals surface area contributed by atoms with E-state index in [1.165, 1.54) is 15.2 Å². The van der Waals surface area contributed by atoms with E-state index in [0.29, 0.717) is 0 Å². The Morgan fingerprint density at radius 2 is 1.46 bits per heavy atom. The number of benzene rings is 3. The van der Waals surface area contributed by atoms with Gasteiger partial charge in [-0.25, -0.2) is 0 Å². The first-order valence-corrected chi connectivity index (χ1v) is 10.1. The van der Waals surface area contributed by atoms with E-state index in [1.54, 1.807) is 30.6 Å². The Balaban J connectivity index is 1.72. The summed E-state index contributed by atoms with van der Waals surface area (Å²) in [6.45, 7) is 0. The van der Waals surface area contributed by atoms with Crippen LogP contribution in [0.1, 0.15) is 0 Å². The summed E-state index contributed by atoms with van der Waals surface area (Å²) in [5.74, 6) is 0.865. The van der Waals surface area contributed by atoms with Crippen LogP contribution in [0.5, 0.6) is 5.75 Å². The third-order valence-electron chi connectivity index (χ3n) is 3.94. The van der Waals surface area contributed by atoms with Gasteiger partial charge < -0.3 is 9.72 Å². The van der Waals surface area contributed by atoms with E-state index in [-0.39, 0.29) is 0 Å². The first-order chi connectivity index (χ1) is 12.7. The molecule has 0 bridgehead atoms. The van der Waals surface area contributed by atoms with Crippen molar-refractivity contribution in [3.8, 4) is 5.75 Å². The second kappa shape index (κ2) is 7.70. The largest absolute Gasteiger partial charge is 0.497 e. The molecular weight excluding hydrogens is 382 g/mol. The van der Waals surface area contributed by atoms with Crippen LogP contribution in [0.2, 0.25) is 5.02 Å². The molecular formula is C21H16ClNOS2. The molecule has 3 aromatic carbocycles. The zero-order valence-electron chi connectivity index (χ0n) is 14.0. The summed E-state index contributed by atoms with van der Waals surface area (Å²) in [6.07, 6.45) is 0. The predicted molar refractivity (Wildman–Crippen MR) is 111 cm³/mol. The van der Waals surface area contributed by atoms with Crippen molar-refractivity contribution in [3.05, 3.63) is 77.8 Å². The molecule has 0 saturated heterocycles. The Kier molecular flexibility index (Phi) is 5.16. The molecule has 1 N–H and O–H groups in total. The van der Waals surface area contributed by atoms with E-state index < -0.39 is 0 Å². The van der Waals surface area contributed by atoms with E-state index in [1.807, 2.05) is 36.4 Å². The fourth-order valence-corrected chi connectivity index (χ4v) is 4.83. The van der Waals surface area contributed by atoms with Gasteiger partial charge in [0.1, 0.15) is 5.75 Å². The number of aromatic amines is 1. The summed E-state index contributed by atoms with van der Waals surface area (Å²) in [5.41, 5.74) is 1.14. The number of halogens is 1. The SMILES string of the molecule is COc1ccc(Sc2c(Sc3ccc(Cl)cc3)[nH]c3ccccc23)cc1. The van der Waals surface area contributed by atoms with Crippen molar-refractivity contribution in [1.29, 1.82) is 0 Å². The van der Waals surface area contributed by atoms with Crippen LogP contribution in [0.4, 0.5) is 0 Å². The van der Waals surface area contributed by atoms with Crippen LogP contribution in [0.25, 0.3) is 10.9 Å². The summed E-state index contributed by atoms with van der Waals surface area (Å²) >= 11 is 9.48. The Morgan fingerprint density at radius 1 is 0.808 bits per heavy atom. The molecule has 0 unspecified atom stereocenters. The van der Waals surface area contributed by atoms with Crippen LogP contribution in [0.3, 0.4) is 0 Å². The normalized spacial score (nSPS) is 11.0. The molecule has 0 aliphatic carbocycles. The Labute approximate surface area is 165 Å². The predicted octanol–water partition coefficient (Wildman–Crippen LogP) is 7.13. The van der Waals surface area contributed by atoms with Crippen LogP contribution in [0, 0.1) is 0 Å². The number of aromatic nitrogens is 1. The molecule has 0 aliphatic rings. The summed E-state index contributed by atoms with van der Waals surface area (Å²) < 4.78 is 5.26. The highest BCUT2D eigenvalue weighted by molar-refractivity contribution is 8.02. The van der Waals surface area contributed by atoms with Gasteiger partial charge in [0.15, 0.2) is 0 Å². The number of hydrogen-bond acceptors (Lipinski definition) is 3. The molecule has 0 amide bonds. The van der Waals surface area contributed by atoms with Gasteiger partial charge >= 0.3 is 0 Å². The van der Waals surface area contributed by atoms with Gasteiger partial charge in [-0.3, -0.25) is 0 Å². The molecule has 4 aromatic rings. The maximum Gasteiger partial charge on any atom is 0.118 e. The van der Waals surface area contributed by atoms with Crippen molar-refractivity contribution >= 4 is 46.0 Å². The molecule has 130 valence electrons. The number of rotatable bonds is 5. The quantitative estimate of drug-likeness (QED) is 0.387. The highest BCUT2D eigenvalue weighted by Gasteiger charge is 2.14. The lowest BCUT2D eigenvalue weighted by Crippen LogP contribution is -1.82. The number of ether oxygens (including phenoxy) is 1. The van der Waals surface area contributed by atoms with E-state index in [4.69, 9.17) is 16.3 Å². The minimum Gasteiger partial charge on any atom is -0.497 e. The Bertz CT molecular complexity index is 1030. The molecule has 26 heavy (non-hydrogen) atoms. The van der Waals surface area contributed by atoms with Gasteiger partial charge in [0.2, 0.25) is 0 Å². The number of hydrogen-bond donors (Lipinski definition) is 1. The fourth-order valence-electron chi connectivity index (χ4n) is 2.65. The first kappa shape index (κ1) is 17.4. The van der Waals surface area contributed by atoms with Crippen LogP contribution >= 0.6 is 35.1 Å². The zero-order chi connectivity index (χ0) is 17.9. The molecule has 0 aliphatic heterocycles. The Morgan fingerprint density at radius 3 is 2.19 bits per heavy atom. The van der Waals surface area contributed by atoms with Crippen molar-refractivity contribution in [1.82, 2.24) is 4.98 Å². The van der Waals surface area contributed by atoms with E-state index in [2.05, 4.69) is 41.4 Å². The Hall–Kier alpha value is -2.01. The summed E-state index contributed by atoms with van der Waals surface area (Å²) in [6, 6.07) is 24.5. The van der Waals surface area contributed by atoms with Crippen LogP contribution in [0.15, 0.2) is 92.5 Å². The van der Waals surface area contributed by atoms with E-state index >= 15 is 0 Å². The molecule has 2 nitrogen and oxygen atoms in total. The van der Waals surface area contributed by atoms with Gasteiger partial charge in [-0.1, -0.05) is 53.3 Å². The molecule has 0 saturated carbocycles. The van der Waals surface area contributed by atoms with Crippen molar-refractivity contribution in [2.45, 2.75) is 19.7 Å². The first-order valence-electron chi connectivity index (χ1n) is 8.09. The van der Waals surface area contributed by atoms with Gasteiger partial charge in [0, 0.05) is 25.7 Å². The molecule has 4 rings (SSSR count). The molecule has 0 spiro atoms. The van der Waals surface area contributed by atoms with Gasteiger partial charge in [-0.15, -0.1) is 0 Å². The fraction of sp³-hybridized carbons (Fsp3) is 0.0476. The third-order valence-corrected chi connectivity index (χ3v) is 6.47. The topological polar surface area (TPSA) is 25.0 Å². The lowest BCUT2D eigenvalue weighted by Gasteiger charge is -2.06. The minimum atomic E-state index is 0.749. The minimum absolute atomic E-state index is 0.749. The van der Waals surface area contributed by atoms with Crippen LogP contribution in [-0.4, -0.2) is 12.1 Å². The van der Waals surface area contributed by atoms with E-state index in [9.17, 15) is 0 Å². The average Bonchev–Trinajstić information content (AvgIpc) is 3.01. The maximum absolute atomic E-state index is 6.01. The standard InChI is InChI=1S/C21H16ClNOS2/c1-24-15-8-12-16(13-9-15)25-20-18-4-2-3-5-19(18)23-21(20)26-17-10-6-14(22)7-11-17/h2-13,23H,1H3. The highest BCUT2D eigenvalue weighted by atomic mass is 35.5. The van der Waals surface area contributed by atoms with Gasteiger partial charge in [-0.2, -0.15) is 0 Å². The summed E-state index contributed by atoms with van der Waals surface area (Å²) in [4.78, 5) is 7.11. The third kappa shape index (κ3) is 3.73. The second-order valence-electron chi connectivity index (χ2n) is 5.66. The molecule has 1 aromatic heterocycles. The maximum atomic E-state index is 6.01. The number of H-pyrrole nitrogens is 1. The zero-order valence-corrected chi connectivity index (χ0v) is 16.4. The van der Waals surface area contributed by atoms with Crippen molar-refractivity contribution in [3.63, 3.8) is 0 Å². The molecule has 1 heterocycles. The van der Waals surface area contributed by atoms with E-state index in [0.717, 1.165) is 26.2 Å². The number of para-hydroxylation sites is 1. The van der Waals surface area contributed by atoms with Crippen LogP contribution in [-0.2, 0) is 0 Å². The van der Waals surface area contributed by atoms with Gasteiger partial charge in [0.05, 0.1) is 17.0 Å². The van der Waals surface area contributed by atoms with Crippen molar-refractivity contribution < 1.29 is 4.74 Å². The number of fused-ring (bicyclic) bond motifs is 1. The van der Waals surface area contributed by atoms with Crippen LogP contribution < -0.4 is 4.74 Å². The lowest BCUT2D eigenvalue weighted by atomic mass is 10.2. The smallest absolute Gasteiger partial charge is 0.118 e. The molecule has 0 atom stereocenters. The summed E-state index contributed by atoms with van der Waals surface area (Å²) in [7, 11) is 1.68. The van der Waals surface area contributed by atoms with Crippen molar-refractivity contribution in [2.24, 2.45) is 0 Å². The molecule has 0 fully saturated rings.